The number of amides is 2. The molecule has 0 bridgehead atoms. The lowest BCUT2D eigenvalue weighted by Gasteiger charge is -2.16. The van der Waals surface area contributed by atoms with Gasteiger partial charge in [-0.2, -0.15) is 0 Å². The number of benzene rings is 1. The van der Waals surface area contributed by atoms with Crippen molar-refractivity contribution in [3.63, 3.8) is 0 Å². The van der Waals surface area contributed by atoms with E-state index in [4.69, 9.17) is 0 Å². The van der Waals surface area contributed by atoms with Gasteiger partial charge in [-0.3, -0.25) is 9.59 Å². The summed E-state index contributed by atoms with van der Waals surface area (Å²) in [6.45, 7) is 0.544. The molecule has 6 nitrogen and oxygen atoms in total. The Hall–Kier alpha value is -3.41. The molecule has 28 heavy (non-hydrogen) atoms. The number of nitrogens with zero attached hydrogens (tertiary/aromatic N) is 3. The number of likely N-dealkylation sites (N-methyl/N-ethyl adjacent to an activating group) is 1. The summed E-state index contributed by atoms with van der Waals surface area (Å²) >= 11 is 0. The first-order valence-electron chi connectivity index (χ1n) is 9.25. The normalized spacial score (nSPS) is 13.6. The molecule has 0 spiro atoms. The largest absolute Gasteiger partial charge is 0.351 e. The van der Waals surface area contributed by atoms with E-state index < -0.39 is 0 Å². The van der Waals surface area contributed by atoms with E-state index in [-0.39, 0.29) is 11.8 Å². The molecule has 2 amide bonds. The van der Waals surface area contributed by atoms with Crippen LogP contribution < -0.4 is 5.32 Å². The van der Waals surface area contributed by atoms with Crippen LogP contribution in [0.5, 0.6) is 0 Å². The number of carbonyl (C=O) groups is 2. The van der Waals surface area contributed by atoms with E-state index in [1.807, 2.05) is 19.3 Å². The molecule has 1 aliphatic heterocycles. The smallest absolute Gasteiger partial charge is 0.246 e. The van der Waals surface area contributed by atoms with Gasteiger partial charge in [0.05, 0.1) is 0 Å². The number of hydrogen-bond acceptors (Lipinski definition) is 3. The first kappa shape index (κ1) is 18.0. The standard InChI is InChI=1S/C22H22N4O2/c1-25-10-9-17-12-16(3-6-19(17)25)14-26(2)21(28)8-4-15-11-18-5-7-20(27)24-22(18)23-13-15/h3-4,6,8-13H,5,7,14H2,1-2H3,(H,23,24,27)/b8-4+. The second kappa shape index (κ2) is 7.31. The van der Waals surface area contributed by atoms with E-state index in [2.05, 4.69) is 39.1 Å². The lowest BCUT2D eigenvalue weighted by atomic mass is 10.0. The lowest BCUT2D eigenvalue weighted by Crippen LogP contribution is -2.24. The highest BCUT2D eigenvalue weighted by molar-refractivity contribution is 5.93. The Labute approximate surface area is 163 Å². The van der Waals surface area contributed by atoms with Crippen LogP contribution in [0.25, 0.3) is 17.0 Å². The number of hydrogen-bond donors (Lipinski definition) is 1. The summed E-state index contributed by atoms with van der Waals surface area (Å²) in [4.78, 5) is 29.9. The minimum absolute atomic E-state index is 0.00575. The van der Waals surface area contributed by atoms with Crippen LogP contribution in [0, 0.1) is 0 Å². The van der Waals surface area contributed by atoms with Crippen LogP contribution in [0.3, 0.4) is 0 Å². The first-order chi connectivity index (χ1) is 13.5. The molecule has 0 radical (unpaired) electrons. The molecule has 0 fully saturated rings. The Balaban J connectivity index is 1.42. The molecular formula is C22H22N4O2. The molecule has 142 valence electrons. The predicted molar refractivity (Wildman–Crippen MR) is 110 cm³/mol. The van der Waals surface area contributed by atoms with Crippen LogP contribution in [0.4, 0.5) is 5.82 Å². The van der Waals surface area contributed by atoms with Gasteiger partial charge in [0.25, 0.3) is 0 Å². The number of pyridine rings is 1. The maximum atomic E-state index is 12.5. The summed E-state index contributed by atoms with van der Waals surface area (Å²) in [5.74, 6) is 0.543. The molecule has 1 N–H and O–H groups in total. The molecule has 1 aromatic carbocycles. The fourth-order valence-corrected chi connectivity index (χ4v) is 3.44. The Kier molecular flexibility index (Phi) is 4.69. The van der Waals surface area contributed by atoms with Crippen molar-refractivity contribution in [2.45, 2.75) is 19.4 Å². The monoisotopic (exact) mass is 374 g/mol. The number of aryl methyl sites for hydroxylation is 2. The third-order valence-electron chi connectivity index (χ3n) is 5.03. The molecule has 0 unspecified atom stereocenters. The summed E-state index contributed by atoms with van der Waals surface area (Å²) < 4.78 is 2.08. The van der Waals surface area contributed by atoms with Crippen molar-refractivity contribution in [3.05, 3.63) is 65.5 Å². The van der Waals surface area contributed by atoms with Crippen molar-refractivity contribution in [2.75, 3.05) is 12.4 Å². The molecule has 2 aromatic heterocycles. The van der Waals surface area contributed by atoms with Crippen molar-refractivity contribution in [3.8, 4) is 0 Å². The third kappa shape index (κ3) is 3.67. The number of anilines is 1. The van der Waals surface area contributed by atoms with E-state index in [0.29, 0.717) is 25.2 Å². The molecule has 3 heterocycles. The number of carbonyl (C=O) groups excluding carboxylic acids is 2. The Morgan fingerprint density at radius 2 is 2.14 bits per heavy atom. The highest BCUT2D eigenvalue weighted by Crippen LogP contribution is 2.21. The SMILES string of the molecule is CN(Cc1ccc2c(ccn2C)c1)C(=O)/C=C/c1cnc2c(c1)CCC(=O)N2. The van der Waals surface area contributed by atoms with Gasteiger partial charge in [0.15, 0.2) is 0 Å². The predicted octanol–water partition coefficient (Wildman–Crippen LogP) is 3.13. The van der Waals surface area contributed by atoms with Crippen molar-refractivity contribution in [1.82, 2.24) is 14.5 Å². The quantitative estimate of drug-likeness (QED) is 0.714. The number of nitrogens with one attached hydrogen (secondary N) is 1. The molecule has 1 aliphatic rings. The molecule has 0 saturated carbocycles. The molecule has 3 aromatic rings. The zero-order valence-electron chi connectivity index (χ0n) is 16.0. The van der Waals surface area contributed by atoms with Crippen LogP contribution in [0.1, 0.15) is 23.1 Å². The second-order valence-electron chi connectivity index (χ2n) is 7.17. The van der Waals surface area contributed by atoms with Gasteiger partial charge in [0.1, 0.15) is 5.82 Å². The number of aromatic nitrogens is 2. The maximum Gasteiger partial charge on any atom is 0.246 e. The van der Waals surface area contributed by atoms with E-state index in [1.54, 1.807) is 30.3 Å². The van der Waals surface area contributed by atoms with E-state index >= 15 is 0 Å². The first-order valence-corrected chi connectivity index (χ1v) is 9.25. The van der Waals surface area contributed by atoms with Crippen molar-refractivity contribution < 1.29 is 9.59 Å². The third-order valence-corrected chi connectivity index (χ3v) is 5.03. The summed E-state index contributed by atoms with van der Waals surface area (Å²) in [6.07, 6.45) is 8.16. The Morgan fingerprint density at radius 3 is 3.00 bits per heavy atom. The Bertz CT molecular complexity index is 1100. The summed E-state index contributed by atoms with van der Waals surface area (Å²) in [6, 6.07) is 10.3. The van der Waals surface area contributed by atoms with Gasteiger partial charge in [-0.25, -0.2) is 4.98 Å². The highest BCUT2D eigenvalue weighted by atomic mass is 16.2. The molecular weight excluding hydrogens is 352 g/mol. The fourth-order valence-electron chi connectivity index (χ4n) is 3.44. The van der Waals surface area contributed by atoms with Crippen LogP contribution in [-0.2, 0) is 29.6 Å². The zero-order valence-corrected chi connectivity index (χ0v) is 16.0. The van der Waals surface area contributed by atoms with Crippen LogP contribution in [-0.4, -0.2) is 33.3 Å². The van der Waals surface area contributed by atoms with E-state index in [9.17, 15) is 9.59 Å². The molecule has 4 rings (SSSR count). The molecule has 0 saturated heterocycles. The van der Waals surface area contributed by atoms with Gasteiger partial charge in [-0.05, 0) is 58.8 Å². The number of fused-ring (bicyclic) bond motifs is 2. The van der Waals surface area contributed by atoms with Gasteiger partial charge < -0.3 is 14.8 Å². The van der Waals surface area contributed by atoms with Gasteiger partial charge in [0, 0.05) is 51.0 Å². The van der Waals surface area contributed by atoms with Crippen molar-refractivity contribution >= 4 is 34.6 Å². The Morgan fingerprint density at radius 1 is 1.29 bits per heavy atom. The maximum absolute atomic E-state index is 12.5. The van der Waals surface area contributed by atoms with Crippen molar-refractivity contribution in [2.24, 2.45) is 7.05 Å². The summed E-state index contributed by atoms with van der Waals surface area (Å²) in [7, 11) is 3.81. The molecule has 0 aliphatic carbocycles. The van der Waals surface area contributed by atoms with Gasteiger partial charge in [-0.15, -0.1) is 0 Å². The van der Waals surface area contributed by atoms with Crippen LogP contribution in [0.15, 0.2) is 48.8 Å². The minimum Gasteiger partial charge on any atom is -0.351 e. The topological polar surface area (TPSA) is 67.2 Å². The van der Waals surface area contributed by atoms with Gasteiger partial charge >= 0.3 is 0 Å². The van der Waals surface area contributed by atoms with E-state index in [0.717, 1.165) is 16.7 Å². The van der Waals surface area contributed by atoms with Crippen molar-refractivity contribution in [1.29, 1.82) is 0 Å². The average Bonchev–Trinajstić information content (AvgIpc) is 3.06. The van der Waals surface area contributed by atoms with Gasteiger partial charge in [-0.1, -0.05) is 6.07 Å². The van der Waals surface area contributed by atoms with Crippen LogP contribution >= 0.6 is 0 Å². The lowest BCUT2D eigenvalue weighted by molar-refractivity contribution is -0.125. The zero-order chi connectivity index (χ0) is 19.7. The average molecular weight is 374 g/mol. The summed E-state index contributed by atoms with van der Waals surface area (Å²) in [5.41, 5.74) is 4.11. The van der Waals surface area contributed by atoms with Crippen LogP contribution in [0.2, 0.25) is 0 Å². The fraction of sp³-hybridized carbons (Fsp3) is 0.227. The molecule has 6 heteroatoms. The van der Waals surface area contributed by atoms with E-state index in [1.165, 1.54) is 10.9 Å². The molecule has 0 atom stereocenters. The minimum atomic E-state index is -0.0702. The highest BCUT2D eigenvalue weighted by Gasteiger charge is 2.15. The summed E-state index contributed by atoms with van der Waals surface area (Å²) in [5, 5.41) is 3.93. The van der Waals surface area contributed by atoms with Gasteiger partial charge in [0.2, 0.25) is 11.8 Å². The number of rotatable bonds is 4. The second-order valence-corrected chi connectivity index (χ2v) is 7.17.